The van der Waals surface area contributed by atoms with E-state index >= 15 is 0 Å². The van der Waals surface area contributed by atoms with Gasteiger partial charge in [0.1, 0.15) is 5.60 Å². The number of nitrogens with zero attached hydrogens (tertiary/aromatic N) is 2. The van der Waals surface area contributed by atoms with Gasteiger partial charge in [-0.2, -0.15) is 4.31 Å². The van der Waals surface area contributed by atoms with Crippen LogP contribution in [0.15, 0.2) is 81.1 Å². The zero-order valence-electron chi connectivity index (χ0n) is 15.5. The molecule has 4 rings (SSSR count). The van der Waals surface area contributed by atoms with E-state index in [0.29, 0.717) is 6.54 Å². The summed E-state index contributed by atoms with van der Waals surface area (Å²) in [6, 6.07) is 16.4. The van der Waals surface area contributed by atoms with Crippen LogP contribution in [0.25, 0.3) is 0 Å². The van der Waals surface area contributed by atoms with Gasteiger partial charge in [-0.05, 0) is 31.2 Å². The van der Waals surface area contributed by atoms with Crippen LogP contribution in [0, 0.1) is 5.92 Å². The average Bonchev–Trinajstić information content (AvgIpc) is 3.28. The van der Waals surface area contributed by atoms with Gasteiger partial charge in [-0.3, -0.25) is 4.99 Å². The molecule has 0 aromatic heterocycles. The van der Waals surface area contributed by atoms with Crippen LogP contribution in [0.4, 0.5) is 0 Å². The van der Waals surface area contributed by atoms with Gasteiger partial charge in [0.15, 0.2) is 6.23 Å². The van der Waals surface area contributed by atoms with Gasteiger partial charge in [0.2, 0.25) is 10.0 Å². The Bertz CT molecular complexity index is 1020. The molecule has 28 heavy (non-hydrogen) atoms. The molecule has 5 nitrogen and oxygen atoms in total. The van der Waals surface area contributed by atoms with Gasteiger partial charge >= 0.3 is 0 Å². The second-order valence-corrected chi connectivity index (χ2v) is 10.1. The first-order chi connectivity index (χ1) is 13.3. The number of halogens is 1. The van der Waals surface area contributed by atoms with Crippen LogP contribution in [0.1, 0.15) is 18.7 Å². The van der Waals surface area contributed by atoms with Crippen LogP contribution < -0.4 is 0 Å². The Hall–Kier alpha value is -1.80. The molecule has 0 bridgehead atoms. The molecule has 2 aliphatic heterocycles. The first kappa shape index (κ1) is 19.5. The summed E-state index contributed by atoms with van der Waals surface area (Å²) >= 11 is 3.34. The zero-order valence-corrected chi connectivity index (χ0v) is 17.9. The Morgan fingerprint density at radius 1 is 1.21 bits per heavy atom. The van der Waals surface area contributed by atoms with Gasteiger partial charge in [-0.15, -0.1) is 0 Å². The number of hydrogen-bond donors (Lipinski definition) is 0. The minimum Gasteiger partial charge on any atom is -0.338 e. The van der Waals surface area contributed by atoms with Gasteiger partial charge in [0, 0.05) is 35.3 Å². The fourth-order valence-electron chi connectivity index (χ4n) is 3.80. The summed E-state index contributed by atoms with van der Waals surface area (Å²) in [5, 5.41) is 0. The van der Waals surface area contributed by atoms with E-state index in [0.717, 1.165) is 15.6 Å². The molecule has 2 aromatic carbocycles. The molecule has 1 spiro atoms. The van der Waals surface area contributed by atoms with E-state index in [1.807, 2.05) is 37.3 Å². The third-order valence-electron chi connectivity index (χ3n) is 5.29. The summed E-state index contributed by atoms with van der Waals surface area (Å²) in [6.07, 6.45) is 1.35. The van der Waals surface area contributed by atoms with Crippen molar-refractivity contribution in [3.8, 4) is 0 Å². The minimum atomic E-state index is -3.64. The van der Waals surface area contributed by atoms with Crippen LogP contribution in [-0.4, -0.2) is 37.6 Å². The third-order valence-corrected chi connectivity index (χ3v) is 7.64. The maximum atomic E-state index is 13.2. The lowest BCUT2D eigenvalue weighted by molar-refractivity contribution is -0.0321. The summed E-state index contributed by atoms with van der Waals surface area (Å²) in [5.41, 5.74) is 1.04. The highest BCUT2D eigenvalue weighted by atomic mass is 79.9. The molecule has 1 saturated heterocycles. The predicted octanol–water partition coefficient (Wildman–Crippen LogP) is 4.18. The molecular formula is C21H21BrN2O3S. The van der Waals surface area contributed by atoms with Crippen molar-refractivity contribution >= 4 is 32.2 Å². The minimum absolute atomic E-state index is 0.157. The molecule has 0 saturated carbocycles. The molecular weight excluding hydrogens is 440 g/mol. The topological polar surface area (TPSA) is 59.0 Å². The van der Waals surface area contributed by atoms with Crippen molar-refractivity contribution in [3.63, 3.8) is 0 Å². The van der Waals surface area contributed by atoms with Crippen LogP contribution in [0.3, 0.4) is 0 Å². The standard InChI is InChI=1S/C21H21BrN2O3S/c1-15(2)19-12-24(28(25,26)18-10-8-17(22)9-11-18)14-21(19)13-23-20(27-21)16-6-4-3-5-7-16/h3-11,13,19-20H,1,12,14H2,2H3/t19-,20-,21-/m1/s1. The fourth-order valence-corrected chi connectivity index (χ4v) is 5.56. The lowest BCUT2D eigenvalue weighted by Gasteiger charge is -2.28. The molecule has 0 N–H and O–H groups in total. The van der Waals surface area contributed by atoms with Crippen molar-refractivity contribution in [2.24, 2.45) is 10.9 Å². The summed E-state index contributed by atoms with van der Waals surface area (Å²) < 4.78 is 35.0. The van der Waals surface area contributed by atoms with E-state index in [2.05, 4.69) is 27.5 Å². The molecule has 3 atom stereocenters. The van der Waals surface area contributed by atoms with Crippen LogP contribution in [0.5, 0.6) is 0 Å². The Balaban J connectivity index is 1.64. The summed E-state index contributed by atoms with van der Waals surface area (Å²) in [6.45, 7) is 6.54. The molecule has 2 aromatic rings. The summed E-state index contributed by atoms with van der Waals surface area (Å²) in [4.78, 5) is 4.83. The SMILES string of the molecule is C=C(C)[C@H]1CN(S(=O)(=O)c2ccc(Br)cc2)C[C@]12C=N[C@@H](c1ccccc1)O2. The Labute approximate surface area is 173 Å². The number of ether oxygens (including phenoxy) is 1. The lowest BCUT2D eigenvalue weighted by Crippen LogP contribution is -2.41. The summed E-state index contributed by atoms with van der Waals surface area (Å²) in [7, 11) is -3.64. The normalized spacial score (nSPS) is 27.5. The number of sulfonamides is 1. The monoisotopic (exact) mass is 460 g/mol. The fraction of sp³-hybridized carbons (Fsp3) is 0.286. The Morgan fingerprint density at radius 2 is 1.89 bits per heavy atom. The van der Waals surface area contributed by atoms with Crippen molar-refractivity contribution < 1.29 is 13.2 Å². The van der Waals surface area contributed by atoms with Crippen molar-refractivity contribution in [3.05, 3.63) is 76.8 Å². The van der Waals surface area contributed by atoms with Gasteiger partial charge in [-0.25, -0.2) is 8.42 Å². The predicted molar refractivity (Wildman–Crippen MR) is 113 cm³/mol. The highest BCUT2D eigenvalue weighted by Gasteiger charge is 2.54. The third kappa shape index (κ3) is 3.37. The number of rotatable bonds is 4. The van der Waals surface area contributed by atoms with Crippen molar-refractivity contribution in [2.45, 2.75) is 23.6 Å². The molecule has 0 amide bonds. The van der Waals surface area contributed by atoms with E-state index in [1.165, 1.54) is 4.31 Å². The van der Waals surface area contributed by atoms with Crippen LogP contribution in [-0.2, 0) is 14.8 Å². The van der Waals surface area contributed by atoms with Crippen molar-refractivity contribution in [1.82, 2.24) is 4.31 Å². The summed E-state index contributed by atoms with van der Waals surface area (Å²) in [5.74, 6) is -0.157. The number of hydrogen-bond acceptors (Lipinski definition) is 4. The largest absolute Gasteiger partial charge is 0.338 e. The maximum absolute atomic E-state index is 13.2. The lowest BCUT2D eigenvalue weighted by atomic mass is 9.87. The van der Waals surface area contributed by atoms with Crippen molar-refractivity contribution in [1.29, 1.82) is 0 Å². The number of benzene rings is 2. The van der Waals surface area contributed by atoms with E-state index in [-0.39, 0.29) is 17.4 Å². The quantitative estimate of drug-likeness (QED) is 0.642. The molecule has 2 heterocycles. The smallest absolute Gasteiger partial charge is 0.243 e. The van der Waals surface area contributed by atoms with Crippen molar-refractivity contribution in [2.75, 3.05) is 13.1 Å². The van der Waals surface area contributed by atoms with Crippen LogP contribution >= 0.6 is 15.9 Å². The first-order valence-corrected chi connectivity index (χ1v) is 11.2. The van der Waals surface area contributed by atoms with Gasteiger partial charge in [0.25, 0.3) is 0 Å². The van der Waals surface area contributed by atoms with Crippen LogP contribution in [0.2, 0.25) is 0 Å². The Morgan fingerprint density at radius 3 is 2.54 bits per heavy atom. The molecule has 146 valence electrons. The second kappa shape index (κ2) is 7.22. The van der Waals surface area contributed by atoms with Gasteiger partial charge in [-0.1, -0.05) is 58.4 Å². The average molecular weight is 461 g/mol. The van der Waals surface area contributed by atoms with E-state index < -0.39 is 21.9 Å². The van der Waals surface area contributed by atoms with Gasteiger partial charge in [0.05, 0.1) is 4.90 Å². The Kier molecular flexibility index (Phi) is 5.03. The van der Waals surface area contributed by atoms with Gasteiger partial charge < -0.3 is 4.74 Å². The molecule has 2 aliphatic rings. The van der Waals surface area contributed by atoms with E-state index in [9.17, 15) is 8.42 Å². The highest BCUT2D eigenvalue weighted by Crippen LogP contribution is 2.43. The van der Waals surface area contributed by atoms with E-state index in [1.54, 1.807) is 30.5 Å². The first-order valence-electron chi connectivity index (χ1n) is 9.00. The second-order valence-electron chi connectivity index (χ2n) is 7.26. The van der Waals surface area contributed by atoms with E-state index in [4.69, 9.17) is 4.74 Å². The number of aliphatic imine (C=N–C) groups is 1. The highest BCUT2D eigenvalue weighted by molar-refractivity contribution is 9.10. The molecule has 0 radical (unpaired) electrons. The zero-order chi connectivity index (χ0) is 19.9. The molecule has 7 heteroatoms. The molecule has 0 aliphatic carbocycles. The maximum Gasteiger partial charge on any atom is 0.243 e. The molecule has 1 fully saturated rings. The molecule has 0 unspecified atom stereocenters.